The summed E-state index contributed by atoms with van der Waals surface area (Å²) in [6, 6.07) is 22.4. The number of nitrogen functional groups attached to an aromatic ring is 1. The zero-order valence-electron chi connectivity index (χ0n) is 15.7. The molecule has 0 aliphatic carbocycles. The van der Waals surface area contributed by atoms with E-state index in [1.165, 1.54) is 0 Å². The summed E-state index contributed by atoms with van der Waals surface area (Å²) >= 11 is 0. The van der Waals surface area contributed by atoms with Crippen LogP contribution in [0.25, 0.3) is 44.6 Å². The van der Waals surface area contributed by atoms with Crippen LogP contribution < -0.4 is 5.73 Å². The van der Waals surface area contributed by atoms with E-state index >= 15 is 0 Å². The Morgan fingerprint density at radius 1 is 0.714 bits per heavy atom. The molecule has 2 N–H and O–H groups in total. The largest absolute Gasteiger partial charge is 0.369 e. The molecule has 5 aromatic rings. The number of nitrogens with zero attached hydrogens (tertiary/aromatic N) is 4. The average Bonchev–Trinajstić information content (AvgIpc) is 3.03. The SMILES string of the molecule is Cc1cc2c(nc(N)n2C)c2nc(-c3ccccc3)c(-c3ccccc3)nc12. The van der Waals surface area contributed by atoms with Crippen molar-refractivity contribution in [1.29, 1.82) is 0 Å². The first kappa shape index (κ1) is 16.4. The highest BCUT2D eigenvalue weighted by molar-refractivity contribution is 6.04. The molecule has 0 saturated heterocycles. The lowest BCUT2D eigenvalue weighted by Crippen LogP contribution is -1.98. The molecule has 5 heteroatoms. The van der Waals surface area contributed by atoms with Crippen molar-refractivity contribution < 1.29 is 0 Å². The van der Waals surface area contributed by atoms with Crippen LogP contribution in [0.5, 0.6) is 0 Å². The molecule has 0 saturated carbocycles. The standard InChI is InChI=1S/C23H19N5/c1-14-13-17-21(27-23(24)28(17)2)22-18(14)25-19(15-9-5-3-6-10-15)20(26-22)16-11-7-4-8-12-16/h3-13H,1-2H3,(H2,24,27). The number of nitrogens with two attached hydrogens (primary N) is 1. The molecule has 0 unspecified atom stereocenters. The van der Waals surface area contributed by atoms with Gasteiger partial charge in [0.15, 0.2) is 0 Å². The number of fused-ring (bicyclic) bond motifs is 3. The Labute approximate surface area is 162 Å². The third-order valence-corrected chi connectivity index (χ3v) is 5.12. The highest BCUT2D eigenvalue weighted by Crippen LogP contribution is 2.34. The lowest BCUT2D eigenvalue weighted by molar-refractivity contribution is 0.965. The third kappa shape index (κ3) is 2.44. The predicted octanol–water partition coefficient (Wildman–Crippen LogP) is 4.74. The molecule has 5 rings (SSSR count). The van der Waals surface area contributed by atoms with Gasteiger partial charge in [0.1, 0.15) is 11.0 Å². The Balaban J connectivity index is 1.94. The summed E-state index contributed by atoms with van der Waals surface area (Å²) in [5.41, 5.74) is 14.3. The Morgan fingerprint density at radius 2 is 1.25 bits per heavy atom. The van der Waals surface area contributed by atoms with Gasteiger partial charge in [-0.15, -0.1) is 0 Å². The lowest BCUT2D eigenvalue weighted by atomic mass is 10.0. The number of imidazole rings is 1. The van der Waals surface area contributed by atoms with Crippen LogP contribution in [0.4, 0.5) is 5.95 Å². The summed E-state index contributed by atoms with van der Waals surface area (Å²) in [6.07, 6.45) is 0. The highest BCUT2D eigenvalue weighted by atomic mass is 15.1. The molecule has 0 aliphatic heterocycles. The van der Waals surface area contributed by atoms with Gasteiger partial charge in [-0.05, 0) is 18.6 Å². The summed E-state index contributed by atoms with van der Waals surface area (Å²) in [5.74, 6) is 0.470. The minimum atomic E-state index is 0.470. The monoisotopic (exact) mass is 365 g/mol. The second-order valence-corrected chi connectivity index (χ2v) is 6.94. The molecule has 3 aromatic carbocycles. The molecule has 136 valence electrons. The minimum Gasteiger partial charge on any atom is -0.369 e. The van der Waals surface area contributed by atoms with E-state index < -0.39 is 0 Å². The molecule has 0 amide bonds. The van der Waals surface area contributed by atoms with Crippen molar-refractivity contribution in [3.8, 4) is 22.5 Å². The first-order chi connectivity index (χ1) is 13.6. The van der Waals surface area contributed by atoms with Gasteiger partial charge in [0, 0.05) is 18.2 Å². The molecule has 0 radical (unpaired) electrons. The van der Waals surface area contributed by atoms with E-state index in [0.717, 1.165) is 50.1 Å². The fourth-order valence-electron chi connectivity index (χ4n) is 3.61. The molecule has 0 spiro atoms. The predicted molar refractivity (Wildman–Crippen MR) is 114 cm³/mol. The van der Waals surface area contributed by atoms with E-state index in [-0.39, 0.29) is 0 Å². The van der Waals surface area contributed by atoms with E-state index in [2.05, 4.69) is 42.2 Å². The Bertz CT molecular complexity index is 1320. The fourth-order valence-corrected chi connectivity index (χ4v) is 3.61. The van der Waals surface area contributed by atoms with E-state index in [1.54, 1.807) is 0 Å². The van der Waals surface area contributed by atoms with Crippen LogP contribution in [-0.4, -0.2) is 19.5 Å². The van der Waals surface area contributed by atoms with Crippen LogP contribution >= 0.6 is 0 Å². The maximum absolute atomic E-state index is 6.07. The van der Waals surface area contributed by atoms with Crippen molar-refractivity contribution in [3.05, 3.63) is 72.3 Å². The zero-order chi connectivity index (χ0) is 19.3. The van der Waals surface area contributed by atoms with Gasteiger partial charge in [0.2, 0.25) is 5.95 Å². The number of hydrogen-bond acceptors (Lipinski definition) is 4. The summed E-state index contributed by atoms with van der Waals surface area (Å²) < 4.78 is 1.89. The van der Waals surface area contributed by atoms with Crippen molar-refractivity contribution in [3.63, 3.8) is 0 Å². The second kappa shape index (κ2) is 6.16. The molecule has 0 fully saturated rings. The molecule has 28 heavy (non-hydrogen) atoms. The average molecular weight is 365 g/mol. The van der Waals surface area contributed by atoms with Crippen molar-refractivity contribution in [2.45, 2.75) is 6.92 Å². The lowest BCUT2D eigenvalue weighted by Gasteiger charge is -2.12. The van der Waals surface area contributed by atoms with Crippen LogP contribution in [0, 0.1) is 6.92 Å². The second-order valence-electron chi connectivity index (χ2n) is 6.94. The molecular weight excluding hydrogens is 346 g/mol. The number of anilines is 1. The maximum Gasteiger partial charge on any atom is 0.201 e. The van der Waals surface area contributed by atoms with Gasteiger partial charge in [-0.1, -0.05) is 60.7 Å². The molecule has 2 aromatic heterocycles. The summed E-state index contributed by atoms with van der Waals surface area (Å²) in [5, 5.41) is 0. The van der Waals surface area contributed by atoms with Gasteiger partial charge in [-0.2, -0.15) is 0 Å². The van der Waals surface area contributed by atoms with Crippen molar-refractivity contribution in [2.24, 2.45) is 7.05 Å². The summed E-state index contributed by atoms with van der Waals surface area (Å²) in [7, 11) is 1.92. The number of benzene rings is 3. The van der Waals surface area contributed by atoms with E-state index in [4.69, 9.17) is 15.7 Å². The molecule has 0 aliphatic rings. The normalized spacial score (nSPS) is 11.4. The zero-order valence-corrected chi connectivity index (χ0v) is 15.7. The van der Waals surface area contributed by atoms with Crippen LogP contribution in [0.15, 0.2) is 66.7 Å². The number of aryl methyl sites for hydroxylation is 2. The Morgan fingerprint density at radius 3 is 1.82 bits per heavy atom. The van der Waals surface area contributed by atoms with Gasteiger partial charge >= 0.3 is 0 Å². The minimum absolute atomic E-state index is 0.470. The van der Waals surface area contributed by atoms with Crippen molar-refractivity contribution in [1.82, 2.24) is 19.5 Å². The first-order valence-electron chi connectivity index (χ1n) is 9.17. The molecule has 0 bridgehead atoms. The first-order valence-corrected chi connectivity index (χ1v) is 9.17. The third-order valence-electron chi connectivity index (χ3n) is 5.12. The van der Waals surface area contributed by atoms with E-state index in [9.17, 15) is 0 Å². The summed E-state index contributed by atoms with van der Waals surface area (Å²) in [4.78, 5) is 14.7. The quantitative estimate of drug-likeness (QED) is 0.490. The summed E-state index contributed by atoms with van der Waals surface area (Å²) in [6.45, 7) is 2.05. The highest BCUT2D eigenvalue weighted by Gasteiger charge is 2.18. The number of rotatable bonds is 2. The van der Waals surface area contributed by atoms with Gasteiger partial charge in [0.25, 0.3) is 0 Å². The van der Waals surface area contributed by atoms with Gasteiger partial charge in [0.05, 0.1) is 22.4 Å². The van der Waals surface area contributed by atoms with Gasteiger partial charge in [-0.3, -0.25) is 0 Å². The van der Waals surface area contributed by atoms with Crippen LogP contribution in [0.2, 0.25) is 0 Å². The van der Waals surface area contributed by atoms with E-state index in [1.807, 2.05) is 48.0 Å². The molecular formula is C23H19N5. The number of aromatic nitrogens is 4. The topological polar surface area (TPSA) is 69.6 Å². The molecule has 0 atom stereocenters. The molecule has 5 nitrogen and oxygen atoms in total. The Kier molecular flexibility index (Phi) is 3.62. The number of hydrogen-bond donors (Lipinski definition) is 1. The van der Waals surface area contributed by atoms with Crippen LogP contribution in [-0.2, 0) is 7.05 Å². The maximum atomic E-state index is 6.07. The van der Waals surface area contributed by atoms with Crippen molar-refractivity contribution >= 4 is 28.0 Å². The smallest absolute Gasteiger partial charge is 0.201 e. The van der Waals surface area contributed by atoms with Gasteiger partial charge in [-0.25, -0.2) is 15.0 Å². The Hall–Kier alpha value is -3.73. The van der Waals surface area contributed by atoms with Gasteiger partial charge < -0.3 is 10.3 Å². The van der Waals surface area contributed by atoms with Crippen LogP contribution in [0.3, 0.4) is 0 Å². The fraction of sp³-hybridized carbons (Fsp3) is 0.0870. The van der Waals surface area contributed by atoms with Crippen LogP contribution in [0.1, 0.15) is 5.56 Å². The molecule has 2 heterocycles. The van der Waals surface area contributed by atoms with E-state index in [0.29, 0.717) is 5.95 Å². The van der Waals surface area contributed by atoms with Crippen molar-refractivity contribution in [2.75, 3.05) is 5.73 Å².